The van der Waals surface area contributed by atoms with Crippen LogP contribution in [0.15, 0.2) is 17.5 Å². The van der Waals surface area contributed by atoms with Gasteiger partial charge >= 0.3 is 0 Å². The Hall–Kier alpha value is -0.580. The number of hydrogen-bond donors (Lipinski definition) is 1. The third-order valence-corrected chi connectivity index (χ3v) is 4.76. The van der Waals surface area contributed by atoms with Crippen molar-refractivity contribution in [3.8, 4) is 0 Å². The van der Waals surface area contributed by atoms with Crippen LogP contribution in [0.4, 0.5) is 0 Å². The Balaban J connectivity index is 0.00000133. The fraction of sp³-hybridized carbons (Fsp3) is 0.643. The van der Waals surface area contributed by atoms with Gasteiger partial charge in [-0.3, -0.25) is 4.79 Å². The van der Waals surface area contributed by atoms with Gasteiger partial charge in [-0.25, -0.2) is 0 Å². The number of rotatable bonds is 4. The molecular formula is C14H21ClN2OS. The number of carbonyl (C=O) groups excluding carboxylic acids is 1. The zero-order valence-electron chi connectivity index (χ0n) is 11.0. The van der Waals surface area contributed by atoms with Crippen molar-refractivity contribution in [2.45, 2.75) is 31.7 Å². The molecule has 0 spiro atoms. The zero-order chi connectivity index (χ0) is 12.4. The van der Waals surface area contributed by atoms with Crippen LogP contribution < -0.4 is 5.32 Å². The van der Waals surface area contributed by atoms with Crippen molar-refractivity contribution in [1.82, 2.24) is 10.2 Å². The molecule has 5 heteroatoms. The molecule has 1 saturated heterocycles. The van der Waals surface area contributed by atoms with Gasteiger partial charge in [-0.15, -0.1) is 23.7 Å². The third-order valence-electron chi connectivity index (χ3n) is 3.91. The van der Waals surface area contributed by atoms with Crippen molar-refractivity contribution in [2.24, 2.45) is 5.92 Å². The summed E-state index contributed by atoms with van der Waals surface area (Å²) in [7, 11) is 0. The highest BCUT2D eigenvalue weighted by atomic mass is 35.5. The first kappa shape index (κ1) is 14.8. The highest BCUT2D eigenvalue weighted by molar-refractivity contribution is 7.12. The lowest BCUT2D eigenvalue weighted by atomic mass is 10.0. The van der Waals surface area contributed by atoms with E-state index in [0.717, 1.165) is 36.7 Å². The van der Waals surface area contributed by atoms with Crippen molar-refractivity contribution in [1.29, 1.82) is 0 Å². The second-order valence-electron chi connectivity index (χ2n) is 5.40. The highest BCUT2D eigenvalue weighted by Crippen LogP contribution is 2.28. The van der Waals surface area contributed by atoms with Gasteiger partial charge in [0, 0.05) is 19.1 Å². The summed E-state index contributed by atoms with van der Waals surface area (Å²) in [6.07, 6.45) is 5.01. The molecule has 0 atom stereocenters. The summed E-state index contributed by atoms with van der Waals surface area (Å²) >= 11 is 1.54. The van der Waals surface area contributed by atoms with Gasteiger partial charge in [0.15, 0.2) is 0 Å². The van der Waals surface area contributed by atoms with E-state index in [1.165, 1.54) is 19.4 Å². The lowest BCUT2D eigenvalue weighted by Crippen LogP contribution is -2.45. The summed E-state index contributed by atoms with van der Waals surface area (Å²) in [5, 5.41) is 5.61. The van der Waals surface area contributed by atoms with Crippen LogP contribution in [0.3, 0.4) is 0 Å². The average molecular weight is 301 g/mol. The quantitative estimate of drug-likeness (QED) is 0.927. The van der Waals surface area contributed by atoms with Crippen LogP contribution in [0.25, 0.3) is 0 Å². The second-order valence-corrected chi connectivity index (χ2v) is 6.34. The smallest absolute Gasteiger partial charge is 0.263 e. The molecule has 0 bridgehead atoms. The van der Waals surface area contributed by atoms with Gasteiger partial charge in [0.05, 0.1) is 4.88 Å². The summed E-state index contributed by atoms with van der Waals surface area (Å²) in [4.78, 5) is 15.0. The van der Waals surface area contributed by atoms with Crippen molar-refractivity contribution < 1.29 is 4.79 Å². The number of nitrogens with zero attached hydrogens (tertiary/aromatic N) is 1. The Kier molecular flexibility index (Phi) is 5.25. The number of likely N-dealkylation sites (tertiary alicyclic amines) is 1. The van der Waals surface area contributed by atoms with Crippen LogP contribution >= 0.6 is 23.7 Å². The molecule has 1 N–H and O–H groups in total. The average Bonchev–Trinajstić information content (AvgIpc) is 3.08. The van der Waals surface area contributed by atoms with E-state index in [1.807, 2.05) is 22.4 Å². The number of carbonyl (C=O) groups is 1. The first-order chi connectivity index (χ1) is 8.83. The molecular weight excluding hydrogens is 280 g/mol. The molecule has 3 nitrogen and oxygen atoms in total. The van der Waals surface area contributed by atoms with E-state index in [0.29, 0.717) is 6.04 Å². The van der Waals surface area contributed by atoms with E-state index in [2.05, 4.69) is 5.32 Å². The largest absolute Gasteiger partial charge is 0.338 e. The number of thiophene rings is 1. The lowest BCUT2D eigenvalue weighted by molar-refractivity contribution is 0.0710. The van der Waals surface area contributed by atoms with Crippen LogP contribution in [-0.2, 0) is 0 Å². The van der Waals surface area contributed by atoms with E-state index in [4.69, 9.17) is 0 Å². The van der Waals surface area contributed by atoms with Crippen molar-refractivity contribution in [3.05, 3.63) is 22.4 Å². The van der Waals surface area contributed by atoms with Crippen LogP contribution in [0.5, 0.6) is 0 Å². The number of nitrogens with one attached hydrogen (secondary N) is 1. The first-order valence-corrected chi connectivity index (χ1v) is 7.77. The van der Waals surface area contributed by atoms with Crippen LogP contribution in [0, 0.1) is 5.92 Å². The Labute approximate surface area is 124 Å². The Morgan fingerprint density at radius 1 is 1.32 bits per heavy atom. The van der Waals surface area contributed by atoms with E-state index >= 15 is 0 Å². The van der Waals surface area contributed by atoms with Crippen molar-refractivity contribution in [2.75, 3.05) is 19.6 Å². The molecule has 0 unspecified atom stereocenters. The number of halogens is 1. The molecule has 0 aromatic carbocycles. The van der Waals surface area contributed by atoms with Gasteiger partial charge in [0.2, 0.25) is 0 Å². The normalized spacial score (nSPS) is 20.1. The maximum atomic E-state index is 12.2. The minimum atomic E-state index is 0. The van der Waals surface area contributed by atoms with Gasteiger partial charge in [-0.1, -0.05) is 6.07 Å². The standard InChI is InChI=1S/C14H20N2OS.ClH/c17-14(13-2-1-9-18-13)16-7-5-12(6-8-16)15-10-11-3-4-11;/h1-2,9,11-12,15H,3-8,10H2;1H. The molecule has 3 rings (SSSR count). The molecule has 1 saturated carbocycles. The van der Waals surface area contributed by atoms with Crippen molar-refractivity contribution in [3.63, 3.8) is 0 Å². The second kappa shape index (κ2) is 6.73. The number of piperidine rings is 1. The van der Waals surface area contributed by atoms with Gasteiger partial charge in [-0.2, -0.15) is 0 Å². The Morgan fingerprint density at radius 2 is 2.05 bits per heavy atom. The van der Waals surface area contributed by atoms with E-state index < -0.39 is 0 Å². The number of amides is 1. The zero-order valence-corrected chi connectivity index (χ0v) is 12.6. The van der Waals surface area contributed by atoms with Gasteiger partial charge in [0.1, 0.15) is 0 Å². The first-order valence-electron chi connectivity index (χ1n) is 6.89. The monoisotopic (exact) mass is 300 g/mol. The summed E-state index contributed by atoms with van der Waals surface area (Å²) in [5.41, 5.74) is 0. The molecule has 1 aromatic heterocycles. The fourth-order valence-corrected chi connectivity index (χ4v) is 3.19. The minimum absolute atomic E-state index is 0. The van der Waals surface area contributed by atoms with E-state index in [9.17, 15) is 4.79 Å². The summed E-state index contributed by atoms with van der Waals surface area (Å²) < 4.78 is 0. The van der Waals surface area contributed by atoms with Gasteiger partial charge < -0.3 is 10.2 Å². The Morgan fingerprint density at radius 3 is 2.63 bits per heavy atom. The molecule has 2 heterocycles. The highest BCUT2D eigenvalue weighted by Gasteiger charge is 2.26. The molecule has 19 heavy (non-hydrogen) atoms. The van der Waals surface area contributed by atoms with E-state index in [1.54, 1.807) is 11.3 Å². The predicted molar refractivity (Wildman–Crippen MR) is 81.2 cm³/mol. The maximum absolute atomic E-state index is 12.2. The van der Waals surface area contributed by atoms with Crippen LogP contribution in [-0.4, -0.2) is 36.5 Å². The lowest BCUT2D eigenvalue weighted by Gasteiger charge is -2.32. The summed E-state index contributed by atoms with van der Waals surface area (Å²) in [5.74, 6) is 1.15. The van der Waals surface area contributed by atoms with Crippen LogP contribution in [0.1, 0.15) is 35.4 Å². The molecule has 1 aliphatic heterocycles. The fourth-order valence-electron chi connectivity index (χ4n) is 2.50. The van der Waals surface area contributed by atoms with Gasteiger partial charge in [0.25, 0.3) is 5.91 Å². The molecule has 1 aliphatic carbocycles. The molecule has 1 amide bonds. The topological polar surface area (TPSA) is 32.3 Å². The predicted octanol–water partition coefficient (Wildman–Crippen LogP) is 2.77. The minimum Gasteiger partial charge on any atom is -0.338 e. The molecule has 1 aromatic rings. The molecule has 106 valence electrons. The van der Waals surface area contributed by atoms with Crippen molar-refractivity contribution >= 4 is 29.7 Å². The maximum Gasteiger partial charge on any atom is 0.263 e. The van der Waals surface area contributed by atoms with Crippen LogP contribution in [0.2, 0.25) is 0 Å². The van der Waals surface area contributed by atoms with Gasteiger partial charge in [-0.05, 0) is 49.6 Å². The third kappa shape index (κ3) is 3.94. The summed E-state index contributed by atoms with van der Waals surface area (Å²) in [6.45, 7) is 2.99. The molecule has 2 fully saturated rings. The summed E-state index contributed by atoms with van der Waals surface area (Å²) in [6, 6.07) is 4.49. The molecule has 2 aliphatic rings. The van der Waals surface area contributed by atoms with E-state index in [-0.39, 0.29) is 18.3 Å². The SMILES string of the molecule is Cl.O=C(c1cccs1)N1CCC(NCC2CC2)CC1. The number of hydrogen-bond acceptors (Lipinski definition) is 3. The Bertz CT molecular complexity index is 398. The molecule has 0 radical (unpaired) electrons.